The Morgan fingerprint density at radius 1 is 1.28 bits per heavy atom. The van der Waals surface area contributed by atoms with E-state index in [0.29, 0.717) is 22.9 Å². The van der Waals surface area contributed by atoms with Crippen LogP contribution in [0.3, 0.4) is 0 Å². The standard InChI is InChI=1S/C22H17ClO5S/c1-14-6-9-26-21(14)20(24)17-11-16(23)4-5-18(17)28-22(21,19-3-2-10-29-19)27-13-15-7-8-25-12-15/h2-8,10-12H,9,13H2,1H3. The summed E-state index contributed by atoms with van der Waals surface area (Å²) < 4.78 is 24.3. The van der Waals surface area contributed by atoms with Crippen molar-refractivity contribution in [3.8, 4) is 5.75 Å². The van der Waals surface area contributed by atoms with Gasteiger partial charge in [-0.3, -0.25) is 4.79 Å². The van der Waals surface area contributed by atoms with E-state index in [2.05, 4.69) is 0 Å². The van der Waals surface area contributed by atoms with Gasteiger partial charge in [-0.1, -0.05) is 23.7 Å². The highest BCUT2D eigenvalue weighted by Crippen LogP contribution is 2.54. The monoisotopic (exact) mass is 428 g/mol. The maximum absolute atomic E-state index is 13.9. The summed E-state index contributed by atoms with van der Waals surface area (Å²) in [6, 6.07) is 10.6. The topological polar surface area (TPSA) is 57.9 Å². The lowest BCUT2D eigenvalue weighted by Crippen LogP contribution is -2.64. The number of rotatable bonds is 4. The number of fused-ring (bicyclic) bond motifs is 1. The third-order valence-corrected chi connectivity index (χ3v) is 6.52. The fourth-order valence-corrected chi connectivity index (χ4v) is 4.97. The first-order chi connectivity index (χ1) is 14.1. The van der Waals surface area contributed by atoms with E-state index < -0.39 is 11.4 Å². The van der Waals surface area contributed by atoms with Crippen molar-refractivity contribution < 1.29 is 23.4 Å². The van der Waals surface area contributed by atoms with E-state index in [4.69, 9.17) is 30.2 Å². The summed E-state index contributed by atoms with van der Waals surface area (Å²) in [5, 5.41) is 2.38. The molecular weight excluding hydrogens is 412 g/mol. The quantitative estimate of drug-likeness (QED) is 0.524. The molecule has 0 saturated heterocycles. The molecule has 4 heterocycles. The first-order valence-electron chi connectivity index (χ1n) is 9.10. The summed E-state index contributed by atoms with van der Waals surface area (Å²) in [6.07, 6.45) is 5.07. The van der Waals surface area contributed by atoms with Crippen LogP contribution in [0.2, 0.25) is 5.02 Å². The third kappa shape index (κ3) is 2.64. The zero-order valence-corrected chi connectivity index (χ0v) is 17.1. The average Bonchev–Trinajstić information content (AvgIpc) is 3.48. The summed E-state index contributed by atoms with van der Waals surface area (Å²) >= 11 is 7.62. The number of halogens is 1. The molecule has 0 radical (unpaired) electrons. The number of ether oxygens (including phenoxy) is 3. The van der Waals surface area contributed by atoms with Crippen molar-refractivity contribution in [1.82, 2.24) is 0 Å². The van der Waals surface area contributed by atoms with Crippen molar-refractivity contribution >= 4 is 28.7 Å². The number of furan rings is 1. The van der Waals surface area contributed by atoms with Gasteiger partial charge >= 0.3 is 0 Å². The van der Waals surface area contributed by atoms with Gasteiger partial charge < -0.3 is 18.6 Å². The molecule has 7 heteroatoms. The smallest absolute Gasteiger partial charge is 0.287 e. The first kappa shape index (κ1) is 18.6. The van der Waals surface area contributed by atoms with Crippen LogP contribution in [-0.2, 0) is 21.9 Å². The third-order valence-electron chi connectivity index (χ3n) is 5.34. The van der Waals surface area contributed by atoms with Gasteiger partial charge in [-0.05, 0) is 48.2 Å². The van der Waals surface area contributed by atoms with Crippen molar-refractivity contribution in [2.45, 2.75) is 24.9 Å². The number of Topliss-reactive ketones (excluding diaryl/α,β-unsaturated/α-hetero) is 1. The molecule has 2 unspecified atom stereocenters. The van der Waals surface area contributed by atoms with E-state index in [9.17, 15) is 4.79 Å². The van der Waals surface area contributed by atoms with E-state index in [0.717, 1.165) is 16.0 Å². The van der Waals surface area contributed by atoms with Crippen LogP contribution in [0.1, 0.15) is 27.7 Å². The molecule has 0 amide bonds. The van der Waals surface area contributed by atoms with Crippen LogP contribution in [0.25, 0.3) is 0 Å². The van der Waals surface area contributed by atoms with Crippen LogP contribution in [-0.4, -0.2) is 18.0 Å². The highest BCUT2D eigenvalue weighted by Gasteiger charge is 2.68. The molecule has 2 aliphatic rings. The minimum absolute atomic E-state index is 0.184. The van der Waals surface area contributed by atoms with Crippen molar-refractivity contribution in [1.29, 1.82) is 0 Å². The number of ketones is 1. The van der Waals surface area contributed by atoms with Gasteiger partial charge in [-0.15, -0.1) is 11.3 Å². The predicted octanol–water partition coefficient (Wildman–Crippen LogP) is 5.35. The molecule has 0 bridgehead atoms. The second-order valence-electron chi connectivity index (χ2n) is 6.97. The SMILES string of the molecule is CC1=CCOC12C(=O)c1cc(Cl)ccc1OC2(OCc1ccoc1)c1cccs1. The van der Waals surface area contributed by atoms with E-state index in [1.165, 1.54) is 11.3 Å². The van der Waals surface area contributed by atoms with Crippen LogP contribution >= 0.6 is 22.9 Å². The largest absolute Gasteiger partial charge is 0.472 e. The molecule has 2 aromatic heterocycles. The van der Waals surface area contributed by atoms with Gasteiger partial charge in [0.15, 0.2) is 0 Å². The highest BCUT2D eigenvalue weighted by molar-refractivity contribution is 7.10. The molecule has 2 atom stereocenters. The minimum Gasteiger partial charge on any atom is -0.472 e. The van der Waals surface area contributed by atoms with Crippen molar-refractivity contribution in [2.24, 2.45) is 0 Å². The van der Waals surface area contributed by atoms with Gasteiger partial charge in [-0.25, -0.2) is 0 Å². The van der Waals surface area contributed by atoms with Crippen LogP contribution in [0.5, 0.6) is 5.75 Å². The zero-order chi connectivity index (χ0) is 20.1. The van der Waals surface area contributed by atoms with Crippen molar-refractivity contribution in [3.63, 3.8) is 0 Å². The number of carbonyl (C=O) groups excluding carboxylic acids is 1. The first-order valence-corrected chi connectivity index (χ1v) is 10.4. The Morgan fingerprint density at radius 2 is 2.17 bits per heavy atom. The lowest BCUT2D eigenvalue weighted by atomic mass is 9.76. The molecule has 0 fully saturated rings. The van der Waals surface area contributed by atoms with Crippen LogP contribution in [0.4, 0.5) is 0 Å². The number of hydrogen-bond acceptors (Lipinski definition) is 6. The molecule has 0 saturated carbocycles. The molecule has 1 spiro atoms. The Labute approximate surface area is 176 Å². The predicted molar refractivity (Wildman–Crippen MR) is 108 cm³/mol. The van der Waals surface area contributed by atoms with E-state index in [1.807, 2.05) is 36.6 Å². The minimum atomic E-state index is -1.48. The maximum Gasteiger partial charge on any atom is 0.287 e. The summed E-state index contributed by atoms with van der Waals surface area (Å²) in [4.78, 5) is 14.6. The van der Waals surface area contributed by atoms with Gasteiger partial charge in [0, 0.05) is 10.6 Å². The van der Waals surface area contributed by atoms with E-state index in [-0.39, 0.29) is 12.4 Å². The average molecular weight is 429 g/mol. The fourth-order valence-electron chi connectivity index (χ4n) is 3.93. The molecule has 29 heavy (non-hydrogen) atoms. The van der Waals surface area contributed by atoms with Gasteiger partial charge in [0.05, 0.1) is 36.2 Å². The Kier molecular flexibility index (Phi) is 4.40. The van der Waals surface area contributed by atoms with E-state index >= 15 is 0 Å². The molecule has 5 nitrogen and oxygen atoms in total. The molecule has 5 rings (SSSR count). The van der Waals surface area contributed by atoms with Crippen LogP contribution in [0, 0.1) is 0 Å². The van der Waals surface area contributed by atoms with Gasteiger partial charge in [-0.2, -0.15) is 0 Å². The Hall–Kier alpha value is -2.38. The lowest BCUT2D eigenvalue weighted by molar-refractivity contribution is -0.277. The Morgan fingerprint density at radius 3 is 2.86 bits per heavy atom. The molecule has 1 aromatic carbocycles. The van der Waals surface area contributed by atoms with Gasteiger partial charge in [0.2, 0.25) is 11.4 Å². The van der Waals surface area contributed by atoms with Gasteiger partial charge in [0.25, 0.3) is 5.79 Å². The Bertz CT molecular complexity index is 1090. The summed E-state index contributed by atoms with van der Waals surface area (Å²) in [7, 11) is 0. The summed E-state index contributed by atoms with van der Waals surface area (Å²) in [5.74, 6) is -1.30. The number of hydrogen-bond donors (Lipinski definition) is 0. The summed E-state index contributed by atoms with van der Waals surface area (Å²) in [6.45, 7) is 2.34. The highest BCUT2D eigenvalue weighted by atomic mass is 35.5. The lowest BCUT2D eigenvalue weighted by Gasteiger charge is -2.49. The zero-order valence-electron chi connectivity index (χ0n) is 15.5. The number of carbonyl (C=O) groups is 1. The van der Waals surface area contributed by atoms with Gasteiger partial charge in [0.1, 0.15) is 5.75 Å². The van der Waals surface area contributed by atoms with Crippen molar-refractivity contribution in [2.75, 3.05) is 6.61 Å². The normalized spacial score (nSPS) is 25.7. The maximum atomic E-state index is 13.9. The molecular formula is C22H17ClO5S. The molecule has 0 N–H and O–H groups in total. The second kappa shape index (κ2) is 6.85. The summed E-state index contributed by atoms with van der Waals surface area (Å²) in [5.41, 5.74) is 0.507. The fraction of sp³-hybridized carbons (Fsp3) is 0.227. The number of thiophene rings is 1. The molecule has 148 valence electrons. The molecule has 3 aromatic rings. The van der Waals surface area contributed by atoms with Crippen molar-refractivity contribution in [3.05, 3.63) is 87.0 Å². The second-order valence-corrected chi connectivity index (χ2v) is 8.35. The van der Waals surface area contributed by atoms with E-state index in [1.54, 1.807) is 30.7 Å². The van der Waals surface area contributed by atoms with Crippen LogP contribution < -0.4 is 4.74 Å². The molecule has 2 aliphatic heterocycles. The Balaban J connectivity index is 1.73. The van der Waals surface area contributed by atoms with Crippen LogP contribution in [0.15, 0.2) is 70.4 Å². The molecule has 0 aliphatic carbocycles. The number of benzene rings is 1.